The largest absolute Gasteiger partial charge is 0.512 e. The Hall–Kier alpha value is -2.49. The fraction of sp³-hybridized carbons (Fsp3) is 0.452. The van der Waals surface area contributed by atoms with Crippen LogP contribution in [0.3, 0.4) is 0 Å². The van der Waals surface area contributed by atoms with Gasteiger partial charge in [0.05, 0.1) is 21.7 Å². The summed E-state index contributed by atoms with van der Waals surface area (Å²) in [6.07, 6.45) is 6.48. The molecule has 0 bridgehead atoms. The number of aryl methyl sites for hydroxylation is 1. The third kappa shape index (κ3) is 8.42. The van der Waals surface area contributed by atoms with Crippen molar-refractivity contribution in [1.29, 1.82) is 0 Å². The first kappa shape index (κ1) is 41.9. The second-order valence-corrected chi connectivity index (χ2v) is 27.3. The van der Waals surface area contributed by atoms with Crippen LogP contribution in [0.15, 0.2) is 60.6 Å². The summed E-state index contributed by atoms with van der Waals surface area (Å²) in [5.41, 5.74) is 3.98. The third-order valence-corrected chi connectivity index (χ3v) is 16.4. The summed E-state index contributed by atoms with van der Waals surface area (Å²) < 4.78 is 2.53. The molecule has 1 radical (unpaired) electrons. The van der Waals surface area contributed by atoms with Gasteiger partial charge in [-0.05, 0) is 38.2 Å². The number of rotatable bonds is 10. The molecule has 8 heteroatoms. The fourth-order valence-electron chi connectivity index (χ4n) is 6.44. The number of fused-ring (bicyclic) bond motifs is 4. The predicted octanol–water partition coefficient (Wildman–Crippen LogP) is 11.5. The minimum atomic E-state index is -1.55. The van der Waals surface area contributed by atoms with E-state index in [9.17, 15) is 9.90 Å². The van der Waals surface area contributed by atoms with E-state index in [1.54, 1.807) is 6.33 Å². The van der Waals surface area contributed by atoms with E-state index in [1.807, 2.05) is 52.9 Å². The van der Waals surface area contributed by atoms with Crippen molar-refractivity contribution >= 4 is 74.7 Å². The van der Waals surface area contributed by atoms with Gasteiger partial charge in [-0.15, -0.1) is 40.1 Å². The van der Waals surface area contributed by atoms with E-state index >= 15 is 0 Å². The quantitative estimate of drug-likeness (QED) is 0.0656. The van der Waals surface area contributed by atoms with Crippen molar-refractivity contribution in [2.75, 3.05) is 0 Å². The first-order valence-corrected chi connectivity index (χ1v) is 25.8. The second kappa shape index (κ2) is 16.0. The van der Waals surface area contributed by atoms with Crippen LogP contribution in [0.1, 0.15) is 72.8 Å². The first-order valence-electron chi connectivity index (χ1n) is 17.9. The molecule has 5 aromatic rings. The van der Waals surface area contributed by atoms with E-state index in [2.05, 4.69) is 94.7 Å². The minimum absolute atomic E-state index is 0. The van der Waals surface area contributed by atoms with Crippen LogP contribution in [0, 0.1) is 23.8 Å². The molecule has 2 heterocycles. The van der Waals surface area contributed by atoms with Crippen molar-refractivity contribution in [3.63, 3.8) is 0 Å². The van der Waals surface area contributed by atoms with Crippen LogP contribution < -0.4 is 10.4 Å². The monoisotopic (exact) mass is 902 g/mol. The van der Waals surface area contributed by atoms with Gasteiger partial charge in [0, 0.05) is 57.5 Å². The summed E-state index contributed by atoms with van der Waals surface area (Å²) in [4.78, 5) is 21.7. The molecule has 0 unspecified atom stereocenters. The maximum Gasteiger partial charge on any atom is 0.164 e. The van der Waals surface area contributed by atoms with Gasteiger partial charge in [-0.25, -0.2) is 4.98 Å². The molecule has 3 aromatic carbocycles. The van der Waals surface area contributed by atoms with Crippen molar-refractivity contribution in [2.24, 2.45) is 10.8 Å². The van der Waals surface area contributed by atoms with E-state index < -0.39 is 16.1 Å². The van der Waals surface area contributed by atoms with Gasteiger partial charge in [0.1, 0.15) is 12.1 Å². The number of benzene rings is 3. The van der Waals surface area contributed by atoms with Crippen molar-refractivity contribution in [2.45, 2.75) is 113 Å². The number of aliphatic hydroxyl groups is 1. The average Bonchev–Trinajstić information content (AvgIpc) is 3.46. The second-order valence-electron chi connectivity index (χ2n) is 16.2. The minimum Gasteiger partial charge on any atom is -0.512 e. The molecule has 5 rings (SSSR count). The molecule has 50 heavy (non-hydrogen) atoms. The molecule has 0 amide bonds. The van der Waals surface area contributed by atoms with Gasteiger partial charge < -0.3 is 5.11 Å². The predicted molar refractivity (Wildman–Crippen MR) is 220 cm³/mol. The van der Waals surface area contributed by atoms with Crippen LogP contribution in [0.25, 0.3) is 42.3 Å². The first-order chi connectivity index (χ1) is 22.8. The number of hydrogen-bond donors (Lipinski definition) is 1. The Morgan fingerprint density at radius 1 is 0.820 bits per heavy atom. The molecule has 271 valence electrons. The summed E-state index contributed by atoms with van der Waals surface area (Å²) in [7, 11) is -2.97. The Morgan fingerprint density at radius 2 is 1.40 bits per heavy atom. The summed E-state index contributed by atoms with van der Waals surface area (Å²) in [6.45, 7) is 28.9. The molecule has 0 aliphatic heterocycles. The van der Waals surface area contributed by atoms with Crippen LogP contribution in [-0.2, 0) is 24.9 Å². The Bertz CT molecular complexity index is 2010. The molecule has 0 aliphatic rings. The molecule has 4 nitrogen and oxygen atoms in total. The molecule has 0 aliphatic carbocycles. The Balaban J connectivity index is 0.000000323. The zero-order valence-corrected chi connectivity index (χ0v) is 37.7. The standard InChI is InChI=1S/C27H29N2SSi2.C15H28O2.Ir/c1-17-22(31(2,3)4)13-12-21-25-27(30-26(17)21)24(28-16-29-25)19-14-18-10-8-9-11-20(18)23(15-19)32(5,6)7;1-7-14(5,8-2)12(16)11-13(17)15(6,9-3)10-4;/h8-13,15-16H,1-7H3;11,16H,7-10H2,1-6H3;/q-1;;/b;12-11-;. The number of ketones is 1. The number of aliphatic hydroxyl groups excluding tert-OH is 1. The number of allylic oxidation sites excluding steroid dienone is 2. The van der Waals surface area contributed by atoms with Gasteiger partial charge in [-0.1, -0.05) is 127 Å². The topological polar surface area (TPSA) is 63.1 Å². The SMILES string of the molecule is CCC(C)(CC)C(=O)/C=C(\O)C(C)(CC)CC.Cc1c([Si](C)(C)C)ccc2c1sc1c(-c3[c-]c4ccccc4c([Si](C)(C)C)c3)ncnc12.[Ir]. The number of carbonyl (C=O) groups is 1. The van der Waals surface area contributed by atoms with Gasteiger partial charge in [0.15, 0.2) is 5.78 Å². The molecular weight excluding hydrogens is 845 g/mol. The molecule has 1 N–H and O–H groups in total. The summed E-state index contributed by atoms with van der Waals surface area (Å²) in [5, 5.41) is 16.9. The third-order valence-electron chi connectivity index (χ3n) is 10.9. The zero-order chi connectivity index (χ0) is 36.5. The van der Waals surface area contributed by atoms with Crippen molar-refractivity contribution < 1.29 is 30.0 Å². The molecule has 0 saturated carbocycles. The van der Waals surface area contributed by atoms with E-state index in [-0.39, 0.29) is 42.5 Å². The van der Waals surface area contributed by atoms with Gasteiger partial charge in [-0.2, -0.15) is 0 Å². The van der Waals surface area contributed by atoms with Gasteiger partial charge in [-0.3, -0.25) is 9.78 Å². The van der Waals surface area contributed by atoms with Crippen LogP contribution >= 0.6 is 11.3 Å². The number of nitrogens with zero attached hydrogens (tertiary/aromatic N) is 2. The van der Waals surface area contributed by atoms with E-state index in [0.717, 1.165) is 42.5 Å². The van der Waals surface area contributed by atoms with Crippen molar-refractivity contribution in [1.82, 2.24) is 9.97 Å². The summed E-state index contributed by atoms with van der Waals surface area (Å²) >= 11 is 1.85. The Morgan fingerprint density at radius 3 is 1.96 bits per heavy atom. The Kier molecular flexibility index (Phi) is 13.4. The van der Waals surface area contributed by atoms with Gasteiger partial charge in [0.25, 0.3) is 0 Å². The van der Waals surface area contributed by atoms with Crippen molar-refractivity contribution in [3.05, 3.63) is 72.3 Å². The van der Waals surface area contributed by atoms with Gasteiger partial charge in [0.2, 0.25) is 0 Å². The molecule has 0 atom stereocenters. The molecular formula is C42H57IrN2O2SSi2-. The van der Waals surface area contributed by atoms with Gasteiger partial charge >= 0.3 is 0 Å². The summed E-state index contributed by atoms with van der Waals surface area (Å²) in [5.74, 6) is 0.286. The number of carbonyl (C=O) groups excluding carboxylic acids is 1. The summed E-state index contributed by atoms with van der Waals surface area (Å²) in [6, 6.07) is 19.3. The van der Waals surface area contributed by atoms with E-state index in [0.29, 0.717) is 0 Å². The number of hydrogen-bond acceptors (Lipinski definition) is 5. The molecule has 0 spiro atoms. The fourth-order valence-corrected chi connectivity index (χ4v) is 11.2. The molecule has 0 fully saturated rings. The van der Waals surface area contributed by atoms with Crippen molar-refractivity contribution in [3.8, 4) is 11.3 Å². The maximum atomic E-state index is 12.2. The molecule has 2 aromatic heterocycles. The number of aromatic nitrogens is 2. The van der Waals surface area contributed by atoms with Crippen LogP contribution in [-0.4, -0.2) is 37.0 Å². The maximum absolute atomic E-state index is 12.2. The number of thiophene rings is 1. The Labute approximate surface area is 320 Å². The van der Waals surface area contributed by atoms with Crippen LogP contribution in [0.4, 0.5) is 0 Å². The van der Waals surface area contributed by atoms with E-state index in [4.69, 9.17) is 9.97 Å². The van der Waals surface area contributed by atoms with E-state index in [1.165, 1.54) is 47.6 Å². The average molecular weight is 902 g/mol. The van der Waals surface area contributed by atoms with Crippen LogP contribution in [0.2, 0.25) is 39.3 Å². The normalized spacial score (nSPS) is 12.9. The van der Waals surface area contributed by atoms with Crippen LogP contribution in [0.5, 0.6) is 0 Å². The smallest absolute Gasteiger partial charge is 0.164 e. The molecule has 0 saturated heterocycles. The zero-order valence-electron chi connectivity index (χ0n) is 32.5.